The van der Waals surface area contributed by atoms with Crippen molar-refractivity contribution in [3.8, 4) is 0 Å². The molecule has 2 aromatic rings. The number of nitrogens with zero attached hydrogens (tertiary/aromatic N) is 2. The van der Waals surface area contributed by atoms with Gasteiger partial charge in [-0.15, -0.1) is 0 Å². The van der Waals surface area contributed by atoms with Gasteiger partial charge in [0.15, 0.2) is 0 Å². The predicted octanol–water partition coefficient (Wildman–Crippen LogP) is 5.05. The second-order valence-electron chi connectivity index (χ2n) is 7.56. The normalized spacial score (nSPS) is 21.4. The van der Waals surface area contributed by atoms with Crippen molar-refractivity contribution >= 4 is 23.6 Å². The fraction of sp³-hybridized carbons (Fsp3) is 0.333. The molecule has 0 aromatic heterocycles. The number of alkyl halides is 6. The Morgan fingerprint density at radius 3 is 1.27 bits per heavy atom. The summed E-state index contributed by atoms with van der Waals surface area (Å²) in [6.07, 6.45) is -15.4. The van der Waals surface area contributed by atoms with E-state index in [4.69, 9.17) is 0 Å². The van der Waals surface area contributed by atoms with E-state index in [0.717, 1.165) is 20.9 Å². The van der Waals surface area contributed by atoms with Gasteiger partial charge in [0.25, 0.3) is 0 Å². The Balaban J connectivity index is 1.39. The number of carbonyl (C=O) groups is 2. The average molecular weight is 474 g/mol. The highest BCUT2D eigenvalue weighted by Gasteiger charge is 2.50. The van der Waals surface area contributed by atoms with Crippen LogP contribution in [-0.4, -0.2) is 49.8 Å². The van der Waals surface area contributed by atoms with Gasteiger partial charge in [-0.3, -0.25) is 9.80 Å². The molecule has 2 amide bonds. The fourth-order valence-corrected chi connectivity index (χ4v) is 3.51. The Morgan fingerprint density at radius 1 is 0.667 bits per heavy atom. The van der Waals surface area contributed by atoms with Crippen LogP contribution in [0, 0.1) is 0 Å². The molecule has 33 heavy (non-hydrogen) atoms. The average Bonchev–Trinajstić information content (AvgIpc) is 3.32. The molecule has 0 N–H and O–H groups in total. The van der Waals surface area contributed by atoms with Gasteiger partial charge in [-0.2, -0.15) is 26.3 Å². The smallest absolute Gasteiger partial charge is 0.427 e. The quantitative estimate of drug-likeness (QED) is 0.582. The minimum atomic E-state index is -4.64. The number of halogens is 6. The number of rotatable bonds is 4. The van der Waals surface area contributed by atoms with E-state index in [1.54, 1.807) is 24.3 Å². The van der Waals surface area contributed by atoms with Crippen LogP contribution in [0.5, 0.6) is 0 Å². The number of carbonyl (C=O) groups excluding carboxylic acids is 2. The molecule has 2 saturated heterocycles. The molecule has 0 aliphatic carbocycles. The molecule has 2 unspecified atom stereocenters. The van der Waals surface area contributed by atoms with Crippen LogP contribution in [0.4, 0.5) is 47.3 Å². The van der Waals surface area contributed by atoms with Gasteiger partial charge in [-0.1, -0.05) is 24.3 Å². The molecule has 0 saturated carbocycles. The van der Waals surface area contributed by atoms with Gasteiger partial charge in [-0.25, -0.2) is 9.59 Å². The van der Waals surface area contributed by atoms with E-state index in [1.165, 1.54) is 24.3 Å². The Labute approximate surface area is 183 Å². The molecular formula is C21H16F6N2O4. The third-order valence-electron chi connectivity index (χ3n) is 5.26. The summed E-state index contributed by atoms with van der Waals surface area (Å²) in [5.41, 5.74) is 2.09. The summed E-state index contributed by atoms with van der Waals surface area (Å²) in [5.74, 6) is 0. The topological polar surface area (TPSA) is 59.1 Å². The molecule has 2 heterocycles. The lowest BCUT2D eigenvalue weighted by atomic mass is 10.0. The summed E-state index contributed by atoms with van der Waals surface area (Å²) in [5, 5.41) is 0. The van der Waals surface area contributed by atoms with E-state index in [-0.39, 0.29) is 11.4 Å². The van der Waals surface area contributed by atoms with Crippen LogP contribution in [0.1, 0.15) is 11.1 Å². The highest BCUT2D eigenvalue weighted by molar-refractivity contribution is 5.90. The summed E-state index contributed by atoms with van der Waals surface area (Å²) in [7, 11) is 0. The Hall–Kier alpha value is -3.44. The van der Waals surface area contributed by atoms with Gasteiger partial charge in [0.1, 0.15) is 0 Å². The monoisotopic (exact) mass is 474 g/mol. The summed E-state index contributed by atoms with van der Waals surface area (Å²) in [4.78, 5) is 25.3. The van der Waals surface area contributed by atoms with Crippen LogP contribution in [0.15, 0.2) is 48.5 Å². The zero-order valence-corrected chi connectivity index (χ0v) is 16.7. The third kappa shape index (κ3) is 4.83. The largest absolute Gasteiger partial charge is 0.434 e. The summed E-state index contributed by atoms with van der Waals surface area (Å²) >= 11 is 0. The first-order valence-corrected chi connectivity index (χ1v) is 9.69. The predicted molar refractivity (Wildman–Crippen MR) is 103 cm³/mol. The highest BCUT2D eigenvalue weighted by Crippen LogP contribution is 2.33. The van der Waals surface area contributed by atoms with Crippen molar-refractivity contribution in [2.75, 3.05) is 22.9 Å². The second-order valence-corrected chi connectivity index (χ2v) is 7.56. The first kappa shape index (κ1) is 22.7. The molecular weight excluding hydrogens is 458 g/mol. The van der Waals surface area contributed by atoms with Crippen LogP contribution in [-0.2, 0) is 15.9 Å². The van der Waals surface area contributed by atoms with Crippen molar-refractivity contribution in [1.82, 2.24) is 0 Å². The van der Waals surface area contributed by atoms with Crippen molar-refractivity contribution in [2.24, 2.45) is 0 Å². The zero-order chi connectivity index (χ0) is 24.0. The fourth-order valence-electron chi connectivity index (χ4n) is 3.51. The molecule has 2 aromatic carbocycles. The maximum absolute atomic E-state index is 12.8. The summed E-state index contributed by atoms with van der Waals surface area (Å²) < 4.78 is 85.3. The first-order chi connectivity index (χ1) is 15.4. The molecule has 0 spiro atoms. The molecule has 2 atom stereocenters. The van der Waals surface area contributed by atoms with E-state index < -0.39 is 49.8 Å². The van der Waals surface area contributed by atoms with Crippen LogP contribution >= 0.6 is 0 Å². The molecule has 0 bridgehead atoms. The molecule has 6 nitrogen and oxygen atoms in total. The van der Waals surface area contributed by atoms with Gasteiger partial charge in [0.05, 0.1) is 13.1 Å². The number of hydrogen-bond acceptors (Lipinski definition) is 4. The zero-order valence-electron chi connectivity index (χ0n) is 16.7. The van der Waals surface area contributed by atoms with Crippen molar-refractivity contribution < 1.29 is 45.4 Å². The van der Waals surface area contributed by atoms with Gasteiger partial charge >= 0.3 is 24.5 Å². The molecule has 2 aliphatic heterocycles. The third-order valence-corrected chi connectivity index (χ3v) is 5.26. The van der Waals surface area contributed by atoms with Gasteiger partial charge in [-0.05, 0) is 41.8 Å². The minimum Gasteiger partial charge on any atom is -0.434 e. The van der Waals surface area contributed by atoms with Crippen LogP contribution in [0.25, 0.3) is 0 Å². The van der Waals surface area contributed by atoms with Gasteiger partial charge < -0.3 is 9.47 Å². The van der Waals surface area contributed by atoms with E-state index in [1.807, 2.05) is 0 Å². The van der Waals surface area contributed by atoms with Crippen molar-refractivity contribution in [3.05, 3.63) is 59.7 Å². The minimum absolute atomic E-state index is 0.262. The lowest BCUT2D eigenvalue weighted by Crippen LogP contribution is -2.33. The van der Waals surface area contributed by atoms with E-state index in [2.05, 4.69) is 9.47 Å². The van der Waals surface area contributed by atoms with E-state index >= 15 is 0 Å². The van der Waals surface area contributed by atoms with Crippen LogP contribution in [0.2, 0.25) is 0 Å². The Morgan fingerprint density at radius 2 is 1.00 bits per heavy atom. The van der Waals surface area contributed by atoms with Crippen molar-refractivity contribution in [3.63, 3.8) is 0 Å². The molecule has 12 heteroatoms. The number of hydrogen-bond donors (Lipinski definition) is 0. The SMILES string of the molecule is O=C1OC(C(F)(F)F)CN1c1ccc(Cc2ccc(N3CC(C(F)(F)F)OC3=O)cc2)cc1. The number of cyclic esters (lactones) is 2. The lowest BCUT2D eigenvalue weighted by Gasteiger charge is -2.15. The Bertz CT molecular complexity index is 953. The summed E-state index contributed by atoms with van der Waals surface area (Å²) in [6.45, 7) is -1.26. The summed E-state index contributed by atoms with van der Waals surface area (Å²) in [6, 6.07) is 12.6. The highest BCUT2D eigenvalue weighted by atomic mass is 19.4. The maximum atomic E-state index is 12.8. The standard InChI is InChI=1S/C21H16F6N2O4/c22-20(23,24)16-10-28(18(30)32-16)14-5-1-12(2-6-14)9-13-3-7-15(8-4-13)29-11-17(21(25,26)27)33-19(29)31/h1-8,16-17H,9-11H2. The Kier molecular flexibility index (Phi) is 5.62. The number of anilines is 2. The molecule has 2 aliphatic rings. The molecule has 176 valence electrons. The number of ether oxygens (including phenoxy) is 2. The maximum Gasteiger partial charge on any atom is 0.427 e. The van der Waals surface area contributed by atoms with Crippen LogP contribution in [0.3, 0.4) is 0 Å². The first-order valence-electron chi connectivity index (χ1n) is 9.69. The van der Waals surface area contributed by atoms with Crippen LogP contribution < -0.4 is 9.80 Å². The second kappa shape index (κ2) is 8.16. The van der Waals surface area contributed by atoms with E-state index in [9.17, 15) is 35.9 Å². The molecule has 4 rings (SSSR count). The van der Waals surface area contributed by atoms with Gasteiger partial charge in [0, 0.05) is 11.4 Å². The number of amides is 2. The molecule has 2 fully saturated rings. The van der Waals surface area contributed by atoms with Gasteiger partial charge in [0.2, 0.25) is 12.2 Å². The number of benzene rings is 2. The van der Waals surface area contributed by atoms with Crippen molar-refractivity contribution in [1.29, 1.82) is 0 Å². The lowest BCUT2D eigenvalue weighted by molar-refractivity contribution is -0.191. The van der Waals surface area contributed by atoms with E-state index in [0.29, 0.717) is 6.42 Å². The molecule has 0 radical (unpaired) electrons. The van der Waals surface area contributed by atoms with Crippen molar-refractivity contribution in [2.45, 2.75) is 31.0 Å².